The molecule has 0 unspecified atom stereocenters. The largest absolute Gasteiger partial charge is 0.482 e. The molecule has 3 aromatic carbocycles. The number of hydrogen-bond acceptors (Lipinski definition) is 7. The average molecular weight is 514 g/mol. The molecule has 9 nitrogen and oxygen atoms in total. The van der Waals surface area contributed by atoms with Gasteiger partial charge in [0.1, 0.15) is 5.75 Å². The zero-order chi connectivity index (χ0) is 26.1. The Morgan fingerprint density at radius 1 is 1.11 bits per heavy atom. The number of aromatic nitrogens is 1. The molecule has 4 aromatic rings. The number of fused-ring (bicyclic) bond motifs is 1. The number of amides is 1. The van der Waals surface area contributed by atoms with Gasteiger partial charge in [0, 0.05) is 28.1 Å². The number of benzene rings is 3. The molecule has 186 valence electrons. The van der Waals surface area contributed by atoms with Crippen LogP contribution in [-0.4, -0.2) is 27.8 Å². The van der Waals surface area contributed by atoms with Gasteiger partial charge in [-0.2, -0.15) is 5.10 Å². The van der Waals surface area contributed by atoms with E-state index in [1.165, 1.54) is 17.4 Å². The van der Waals surface area contributed by atoms with Crippen LogP contribution in [0.15, 0.2) is 76.1 Å². The average Bonchev–Trinajstić information content (AvgIpc) is 3.26. The van der Waals surface area contributed by atoms with Gasteiger partial charge in [-0.3, -0.25) is 14.9 Å². The van der Waals surface area contributed by atoms with E-state index in [2.05, 4.69) is 5.32 Å². The molecule has 0 saturated heterocycles. The second-order valence-electron chi connectivity index (χ2n) is 8.65. The number of nitrogens with zero attached hydrogens (tertiary/aromatic N) is 4. The summed E-state index contributed by atoms with van der Waals surface area (Å²) in [5, 5.41) is 21.1. The standard InChI is InChI=1S/C27H23N5O4S/c1-16-4-9-21(10-5-16)28-27-31(30-18(3)19-7-6-17(2)23(13-19)32(34)35)24(15-37-27)20-8-11-25-22(12-20)29-26(33)14-36-25/h4-13,15H,14H2,1-3H3,(H,29,33). The first-order valence-electron chi connectivity index (χ1n) is 11.5. The predicted molar refractivity (Wildman–Crippen MR) is 144 cm³/mol. The first kappa shape index (κ1) is 24.1. The van der Waals surface area contributed by atoms with Crippen molar-refractivity contribution >= 4 is 40.0 Å². The summed E-state index contributed by atoms with van der Waals surface area (Å²) >= 11 is 1.42. The third kappa shape index (κ3) is 5.05. The SMILES string of the molecule is CC(=Nn1c(-c2ccc3c(c2)NC(=O)CO3)csc1=Nc1ccc(C)cc1)c1ccc(C)c([N+](=O)[O-])c1. The van der Waals surface area contributed by atoms with Gasteiger partial charge in [0.2, 0.25) is 4.80 Å². The lowest BCUT2D eigenvalue weighted by Crippen LogP contribution is -2.25. The molecule has 1 amide bonds. The molecule has 0 bridgehead atoms. The first-order chi connectivity index (χ1) is 17.8. The summed E-state index contributed by atoms with van der Waals surface area (Å²) in [6.07, 6.45) is 0. The maximum atomic E-state index is 11.8. The predicted octanol–water partition coefficient (Wildman–Crippen LogP) is 5.58. The molecule has 1 aromatic heterocycles. The lowest BCUT2D eigenvalue weighted by Gasteiger charge is -2.18. The molecule has 0 radical (unpaired) electrons. The molecular weight excluding hydrogens is 490 g/mol. The van der Waals surface area contributed by atoms with Crippen LogP contribution in [0.2, 0.25) is 0 Å². The van der Waals surface area contributed by atoms with Gasteiger partial charge in [-0.15, -0.1) is 11.3 Å². The summed E-state index contributed by atoms with van der Waals surface area (Å²) < 4.78 is 7.22. The van der Waals surface area contributed by atoms with E-state index in [1.54, 1.807) is 24.6 Å². The fourth-order valence-corrected chi connectivity index (χ4v) is 4.73. The number of rotatable bonds is 5. The van der Waals surface area contributed by atoms with Gasteiger partial charge in [0.15, 0.2) is 6.61 Å². The Bertz CT molecular complexity index is 1630. The number of aryl methyl sites for hydroxylation is 2. The third-order valence-electron chi connectivity index (χ3n) is 5.93. The van der Waals surface area contributed by atoms with Gasteiger partial charge >= 0.3 is 0 Å². The lowest BCUT2D eigenvalue weighted by atomic mass is 10.1. The summed E-state index contributed by atoms with van der Waals surface area (Å²) in [5.74, 6) is 0.383. The number of anilines is 1. The summed E-state index contributed by atoms with van der Waals surface area (Å²) in [7, 11) is 0. The van der Waals surface area contributed by atoms with Crippen molar-refractivity contribution in [1.29, 1.82) is 0 Å². The summed E-state index contributed by atoms with van der Waals surface area (Å²) in [6, 6.07) is 18.5. The van der Waals surface area contributed by atoms with Crippen molar-refractivity contribution in [3.8, 4) is 17.0 Å². The molecule has 0 fully saturated rings. The Hall–Kier alpha value is -4.57. The van der Waals surface area contributed by atoms with E-state index in [0.29, 0.717) is 33.1 Å². The van der Waals surface area contributed by atoms with Crippen LogP contribution < -0.4 is 14.9 Å². The van der Waals surface area contributed by atoms with Crippen molar-refractivity contribution in [3.05, 3.63) is 97.6 Å². The maximum Gasteiger partial charge on any atom is 0.272 e. The Morgan fingerprint density at radius 3 is 2.65 bits per heavy atom. The quantitative estimate of drug-likeness (QED) is 0.213. The second-order valence-corrected chi connectivity index (χ2v) is 9.49. The van der Waals surface area contributed by atoms with Crippen molar-refractivity contribution in [2.45, 2.75) is 20.8 Å². The monoisotopic (exact) mass is 513 g/mol. The van der Waals surface area contributed by atoms with E-state index in [-0.39, 0.29) is 18.2 Å². The molecular formula is C27H23N5O4S. The van der Waals surface area contributed by atoms with Gasteiger partial charge < -0.3 is 10.1 Å². The highest BCUT2D eigenvalue weighted by Crippen LogP contribution is 2.33. The van der Waals surface area contributed by atoms with E-state index in [9.17, 15) is 14.9 Å². The van der Waals surface area contributed by atoms with Crippen LogP contribution in [0.25, 0.3) is 11.3 Å². The van der Waals surface area contributed by atoms with Gasteiger partial charge in [-0.1, -0.05) is 29.8 Å². The Morgan fingerprint density at radius 2 is 1.89 bits per heavy atom. The summed E-state index contributed by atoms with van der Waals surface area (Å²) in [5.41, 5.74) is 5.88. The normalized spacial score (nSPS) is 13.6. The fourth-order valence-electron chi connectivity index (χ4n) is 3.88. The summed E-state index contributed by atoms with van der Waals surface area (Å²) in [6.45, 7) is 5.51. The van der Waals surface area contributed by atoms with Crippen LogP contribution >= 0.6 is 11.3 Å². The lowest BCUT2D eigenvalue weighted by molar-refractivity contribution is -0.385. The zero-order valence-corrected chi connectivity index (χ0v) is 21.2. The van der Waals surface area contributed by atoms with Crippen LogP contribution in [0, 0.1) is 24.0 Å². The molecule has 1 N–H and O–H groups in total. The number of nitro benzene ring substituents is 1. The molecule has 5 rings (SSSR count). The minimum atomic E-state index is -0.392. The van der Waals surface area contributed by atoms with E-state index < -0.39 is 4.92 Å². The molecule has 0 aliphatic carbocycles. The smallest absolute Gasteiger partial charge is 0.272 e. The van der Waals surface area contributed by atoms with Crippen molar-refractivity contribution < 1.29 is 14.5 Å². The highest BCUT2D eigenvalue weighted by Gasteiger charge is 2.18. The van der Waals surface area contributed by atoms with Crippen molar-refractivity contribution in [1.82, 2.24) is 4.68 Å². The number of hydrogen-bond donors (Lipinski definition) is 1. The van der Waals surface area contributed by atoms with Crippen LogP contribution in [-0.2, 0) is 4.79 Å². The number of carbonyl (C=O) groups is 1. The number of carbonyl (C=O) groups excluding carboxylic acids is 1. The number of thiazole rings is 1. The minimum Gasteiger partial charge on any atom is -0.482 e. The Labute approximate surface area is 216 Å². The van der Waals surface area contributed by atoms with Crippen molar-refractivity contribution in [3.63, 3.8) is 0 Å². The van der Waals surface area contributed by atoms with E-state index in [1.807, 2.05) is 60.8 Å². The van der Waals surface area contributed by atoms with Crippen molar-refractivity contribution in [2.75, 3.05) is 11.9 Å². The number of nitrogens with one attached hydrogen (secondary N) is 1. The molecule has 1 aliphatic rings. The number of nitro groups is 1. The molecule has 37 heavy (non-hydrogen) atoms. The van der Waals surface area contributed by atoms with Crippen LogP contribution in [0.5, 0.6) is 5.75 Å². The Kier molecular flexibility index (Phi) is 6.41. The second kappa shape index (κ2) is 9.82. The van der Waals surface area contributed by atoms with E-state index in [4.69, 9.17) is 14.8 Å². The third-order valence-corrected chi connectivity index (χ3v) is 6.74. The van der Waals surface area contributed by atoms with E-state index in [0.717, 1.165) is 22.5 Å². The highest BCUT2D eigenvalue weighted by molar-refractivity contribution is 7.07. The molecule has 0 saturated carbocycles. The van der Waals surface area contributed by atoms with Crippen LogP contribution in [0.1, 0.15) is 23.6 Å². The van der Waals surface area contributed by atoms with Gasteiger partial charge in [0.25, 0.3) is 11.6 Å². The molecule has 1 aliphatic heterocycles. The topological polar surface area (TPSA) is 111 Å². The highest BCUT2D eigenvalue weighted by atomic mass is 32.1. The van der Waals surface area contributed by atoms with Gasteiger partial charge in [-0.05, 0) is 51.1 Å². The van der Waals surface area contributed by atoms with Crippen molar-refractivity contribution in [2.24, 2.45) is 10.1 Å². The molecule has 2 heterocycles. The summed E-state index contributed by atoms with van der Waals surface area (Å²) in [4.78, 5) is 28.4. The zero-order valence-electron chi connectivity index (χ0n) is 20.4. The maximum absolute atomic E-state index is 11.8. The molecule has 0 spiro atoms. The van der Waals surface area contributed by atoms with Crippen LogP contribution in [0.4, 0.5) is 17.1 Å². The minimum absolute atomic E-state index is 0.0173. The van der Waals surface area contributed by atoms with Crippen LogP contribution in [0.3, 0.4) is 0 Å². The number of ether oxygens (including phenoxy) is 1. The van der Waals surface area contributed by atoms with Gasteiger partial charge in [-0.25, -0.2) is 9.67 Å². The molecule has 0 atom stereocenters. The first-order valence-corrected chi connectivity index (χ1v) is 12.4. The van der Waals surface area contributed by atoms with Gasteiger partial charge in [0.05, 0.1) is 27.7 Å². The van der Waals surface area contributed by atoms with E-state index >= 15 is 0 Å². The molecule has 10 heteroatoms. The Balaban J connectivity index is 1.66. The fraction of sp³-hybridized carbons (Fsp3) is 0.148.